The Hall–Kier alpha value is -6.22. The van der Waals surface area contributed by atoms with E-state index in [0.717, 1.165) is 10.9 Å². The fourth-order valence-electron chi connectivity index (χ4n) is 7.92. The van der Waals surface area contributed by atoms with Gasteiger partial charge in [0.25, 0.3) is 0 Å². The van der Waals surface area contributed by atoms with Gasteiger partial charge in [-0.15, -0.1) is 0 Å². The third kappa shape index (κ3) is 15.9. The van der Waals surface area contributed by atoms with Crippen molar-refractivity contribution in [1.82, 2.24) is 24.6 Å². The predicted molar refractivity (Wildman–Crippen MR) is 229 cm³/mol. The molecule has 0 bridgehead atoms. The van der Waals surface area contributed by atoms with Crippen LogP contribution in [-0.2, 0) is 33.6 Å². The lowest BCUT2D eigenvalue weighted by atomic mass is 10.0. The van der Waals surface area contributed by atoms with Gasteiger partial charge >= 0.3 is 35.8 Å². The van der Waals surface area contributed by atoms with Gasteiger partial charge < -0.3 is 40.9 Å². The van der Waals surface area contributed by atoms with Crippen molar-refractivity contribution in [2.75, 3.05) is 64.2 Å². The number of aromatic amines is 1. The fourth-order valence-corrected chi connectivity index (χ4v) is 7.92. The molecule has 1 aliphatic rings. The van der Waals surface area contributed by atoms with Crippen LogP contribution >= 0.6 is 0 Å². The lowest BCUT2D eigenvalue weighted by molar-refractivity contribution is -0.147. The van der Waals surface area contributed by atoms with Crippen molar-refractivity contribution in [2.24, 2.45) is 0 Å². The van der Waals surface area contributed by atoms with E-state index in [-0.39, 0.29) is 122 Å². The summed E-state index contributed by atoms with van der Waals surface area (Å²) in [6.45, 7) is -0.251. The van der Waals surface area contributed by atoms with E-state index in [9.17, 15) is 69.0 Å². The summed E-state index contributed by atoms with van der Waals surface area (Å²) in [7, 11) is 0. The maximum Gasteiger partial charge on any atom is 0.320 e. The number of nitrogens with one attached hydrogen (secondary N) is 2. The van der Waals surface area contributed by atoms with Crippen molar-refractivity contribution in [3.05, 3.63) is 65.0 Å². The molecule has 0 saturated carbocycles. The molecule has 1 aromatic heterocycles. The lowest BCUT2D eigenvalue weighted by Crippen LogP contribution is -2.55. The first-order valence-corrected chi connectivity index (χ1v) is 20.8. The first-order chi connectivity index (χ1) is 30.0. The van der Waals surface area contributed by atoms with Crippen molar-refractivity contribution in [2.45, 2.75) is 75.9 Å². The smallest absolute Gasteiger partial charge is 0.320 e. The quantitative estimate of drug-likeness (QED) is 0.0719. The van der Waals surface area contributed by atoms with Gasteiger partial charge in [-0.2, -0.15) is 0 Å². The number of nitrogens with zero attached hydrogens (tertiary/aromatic N) is 4. The number of carboxylic acid groups (broad SMARTS) is 6. The number of H-pyrrole nitrogens is 1. The molecule has 3 aromatic rings. The molecule has 8 N–H and O–H groups in total. The van der Waals surface area contributed by atoms with Gasteiger partial charge in [-0.3, -0.25) is 58.0 Å². The zero-order chi connectivity index (χ0) is 46.1. The van der Waals surface area contributed by atoms with Crippen LogP contribution in [0.25, 0.3) is 22.0 Å². The van der Waals surface area contributed by atoms with Crippen LogP contribution in [0.4, 0.5) is 5.69 Å². The minimum absolute atomic E-state index is 0.0129. The number of pyridine rings is 1. The number of hydrogen-bond donors (Lipinski definition) is 8. The number of fused-ring (bicyclic) bond motifs is 1. The molecule has 1 amide bonds. The highest BCUT2D eigenvalue weighted by Gasteiger charge is 2.33. The summed E-state index contributed by atoms with van der Waals surface area (Å²) in [6.07, 6.45) is -0.982. The van der Waals surface area contributed by atoms with E-state index >= 15 is 0 Å². The zero-order valence-corrected chi connectivity index (χ0v) is 34.9. The number of aliphatic carboxylic acids is 6. The van der Waals surface area contributed by atoms with Crippen LogP contribution in [-0.4, -0.2) is 174 Å². The lowest BCUT2D eigenvalue weighted by Gasteiger charge is -2.38. The van der Waals surface area contributed by atoms with Gasteiger partial charge in [0.15, 0.2) is 0 Å². The molecule has 63 heavy (non-hydrogen) atoms. The number of hydrogen-bond acceptors (Lipinski definition) is 12. The number of anilines is 1. The summed E-state index contributed by atoms with van der Waals surface area (Å²) < 4.78 is 0. The van der Waals surface area contributed by atoms with E-state index in [1.54, 1.807) is 37.8 Å². The molecule has 1 saturated heterocycles. The molecule has 3 unspecified atom stereocenters. The second kappa shape index (κ2) is 24.4. The summed E-state index contributed by atoms with van der Waals surface area (Å²) in [5, 5.41) is 62.4. The van der Waals surface area contributed by atoms with E-state index in [0.29, 0.717) is 16.8 Å². The summed E-state index contributed by atoms with van der Waals surface area (Å²) in [6, 6.07) is 12.3. The van der Waals surface area contributed by atoms with Gasteiger partial charge in [0.1, 0.15) is 18.1 Å². The first-order valence-electron chi connectivity index (χ1n) is 20.8. The second-order valence-electron chi connectivity index (χ2n) is 15.5. The molecule has 4 rings (SSSR count). The van der Waals surface area contributed by atoms with Gasteiger partial charge in [-0.25, -0.2) is 0 Å². The zero-order valence-electron chi connectivity index (χ0n) is 34.9. The Morgan fingerprint density at radius 2 is 1.00 bits per heavy atom. The Morgan fingerprint density at radius 1 is 0.571 bits per heavy atom. The Balaban J connectivity index is 1.66. The number of carbonyl (C=O) groups is 7. The van der Waals surface area contributed by atoms with Crippen LogP contribution in [0.2, 0.25) is 0 Å². The minimum Gasteiger partial charge on any atom is -0.481 e. The molecule has 0 aliphatic carbocycles. The summed E-state index contributed by atoms with van der Waals surface area (Å²) in [4.78, 5) is 108. The van der Waals surface area contributed by atoms with E-state index in [2.05, 4.69) is 10.3 Å². The van der Waals surface area contributed by atoms with Gasteiger partial charge in [0, 0.05) is 88.8 Å². The maximum atomic E-state index is 13.8. The van der Waals surface area contributed by atoms with E-state index < -0.39 is 59.8 Å². The van der Waals surface area contributed by atoms with Crippen LogP contribution < -0.4 is 10.9 Å². The summed E-state index contributed by atoms with van der Waals surface area (Å²) in [5.41, 5.74) is 2.03. The largest absolute Gasteiger partial charge is 0.481 e. The van der Waals surface area contributed by atoms with E-state index in [1.165, 1.54) is 6.07 Å². The molecular formula is C43H56N6O14. The Morgan fingerprint density at radius 3 is 1.41 bits per heavy atom. The molecule has 0 spiro atoms. The molecule has 0 radical (unpaired) electrons. The molecule has 2 heterocycles. The van der Waals surface area contributed by atoms with E-state index in [4.69, 9.17) is 0 Å². The van der Waals surface area contributed by atoms with Crippen molar-refractivity contribution in [3.8, 4) is 11.1 Å². The molecule has 20 nitrogen and oxygen atoms in total. The Labute approximate surface area is 362 Å². The normalized spacial score (nSPS) is 16.5. The van der Waals surface area contributed by atoms with Gasteiger partial charge in [0.2, 0.25) is 11.5 Å². The van der Waals surface area contributed by atoms with Crippen LogP contribution in [0.3, 0.4) is 0 Å². The number of aromatic nitrogens is 1. The van der Waals surface area contributed by atoms with Crippen molar-refractivity contribution in [1.29, 1.82) is 0 Å². The van der Waals surface area contributed by atoms with Crippen molar-refractivity contribution < 1.29 is 64.2 Å². The first kappa shape index (κ1) is 49.4. The topological polar surface area (TPSA) is 299 Å². The Kier molecular flexibility index (Phi) is 19.2. The standard InChI is InChI=1S/C43H56N6O14/c50-36-26-31(28-7-2-1-3-8-28)30-16-15-29(25-32(30)45-36)44-37(51)27-46-17-19-47(33(41(58)59)9-4-12-38(52)53)21-23-49(35(43(62)63)11-6-14-40(56)57)24-22-48(20-18-46)34(42(60)61)10-5-13-39(54)55/h1-3,7-8,15-16,25-26,33-35H,4-6,9-14,17-24,27H2,(H,44,51)(H,45,50)(H,52,53)(H,54,55)(H,56,57)(H,58,59)(H,60,61)(H,62,63). The highest BCUT2D eigenvalue weighted by Crippen LogP contribution is 2.28. The van der Waals surface area contributed by atoms with Crippen molar-refractivity contribution >= 4 is 58.3 Å². The number of rotatable bonds is 22. The third-order valence-corrected chi connectivity index (χ3v) is 11.1. The van der Waals surface area contributed by atoms with Crippen LogP contribution in [0.1, 0.15) is 57.8 Å². The van der Waals surface area contributed by atoms with Gasteiger partial charge in [-0.1, -0.05) is 36.4 Å². The summed E-state index contributed by atoms with van der Waals surface area (Å²) in [5.74, 6) is -7.55. The third-order valence-electron chi connectivity index (χ3n) is 11.1. The molecule has 2 aromatic carbocycles. The number of benzene rings is 2. The van der Waals surface area contributed by atoms with Crippen LogP contribution in [0.15, 0.2) is 59.4 Å². The van der Waals surface area contributed by atoms with E-state index in [1.807, 2.05) is 30.3 Å². The van der Waals surface area contributed by atoms with Crippen molar-refractivity contribution in [3.63, 3.8) is 0 Å². The fraction of sp³-hybridized carbons (Fsp3) is 0.488. The van der Waals surface area contributed by atoms with Gasteiger partial charge in [0.05, 0.1) is 12.1 Å². The predicted octanol–water partition coefficient (Wildman–Crippen LogP) is 2.48. The molecule has 20 heteroatoms. The number of carbonyl (C=O) groups excluding carboxylic acids is 1. The molecule has 3 atom stereocenters. The SMILES string of the molecule is O=C(O)CCCC(C(=O)O)N1CCN(CC(=O)Nc2ccc3c(-c4ccccc4)cc(=O)[nH]c3c2)CCN(C(CCCC(=O)O)C(=O)O)CCN(C(CCCC(=O)O)C(=O)O)CC1. The average molecular weight is 881 g/mol. The highest BCUT2D eigenvalue weighted by molar-refractivity contribution is 5.99. The minimum atomic E-state index is -1.26. The van der Waals surface area contributed by atoms with Gasteiger partial charge in [-0.05, 0) is 61.8 Å². The highest BCUT2D eigenvalue weighted by atomic mass is 16.4. The van der Waals surface area contributed by atoms with Crippen LogP contribution in [0.5, 0.6) is 0 Å². The number of carboxylic acids is 6. The van der Waals surface area contributed by atoms with Crippen LogP contribution in [0, 0.1) is 0 Å². The summed E-state index contributed by atoms with van der Waals surface area (Å²) >= 11 is 0. The monoisotopic (exact) mass is 880 g/mol. The average Bonchev–Trinajstić information content (AvgIpc) is 3.21. The second-order valence-corrected chi connectivity index (χ2v) is 15.5. The maximum absolute atomic E-state index is 13.8. The molecular weight excluding hydrogens is 825 g/mol. The molecule has 1 aliphatic heterocycles. The Bertz CT molecular complexity index is 2080. The molecule has 342 valence electrons. The molecule has 1 fully saturated rings. The number of amides is 1.